The largest absolute Gasteiger partial charge is 0.478 e. The van der Waals surface area contributed by atoms with Gasteiger partial charge < -0.3 is 15.2 Å². The molecule has 0 aliphatic rings. The van der Waals surface area contributed by atoms with Crippen LogP contribution in [0.3, 0.4) is 0 Å². The van der Waals surface area contributed by atoms with E-state index in [2.05, 4.69) is 5.32 Å². The van der Waals surface area contributed by atoms with Crippen LogP contribution in [0.4, 0.5) is 11.4 Å². The molecule has 0 bridgehead atoms. The van der Waals surface area contributed by atoms with Crippen LogP contribution in [0.15, 0.2) is 24.3 Å². The van der Waals surface area contributed by atoms with Crippen molar-refractivity contribution in [2.45, 2.75) is 40.8 Å². The van der Waals surface area contributed by atoms with Crippen LogP contribution in [-0.2, 0) is 4.74 Å². The lowest BCUT2D eigenvalue weighted by Crippen LogP contribution is -2.34. The first-order chi connectivity index (χ1) is 13.6. The third-order valence-electron chi connectivity index (χ3n) is 5.02. The van der Waals surface area contributed by atoms with Gasteiger partial charge in [0.25, 0.3) is 5.69 Å². The fraction of sp³-hybridized carbons (Fsp3) is 0.333. The molecule has 1 unspecified atom stereocenters. The Balaban J connectivity index is 2.46. The number of hydrogen-bond donors (Lipinski definition) is 2. The highest BCUT2D eigenvalue weighted by Gasteiger charge is 2.29. The minimum absolute atomic E-state index is 0.0155. The molecule has 0 saturated heterocycles. The first kappa shape index (κ1) is 22.0. The molecule has 2 aromatic rings. The summed E-state index contributed by atoms with van der Waals surface area (Å²) in [4.78, 5) is 35.3. The second kappa shape index (κ2) is 8.83. The Hall–Kier alpha value is -3.26. The number of benzene rings is 2. The van der Waals surface area contributed by atoms with E-state index in [0.717, 1.165) is 0 Å². The van der Waals surface area contributed by atoms with Gasteiger partial charge in [0, 0.05) is 29.0 Å². The first-order valence-corrected chi connectivity index (χ1v) is 9.10. The van der Waals surface area contributed by atoms with Crippen molar-refractivity contribution in [3.8, 4) is 0 Å². The highest BCUT2D eigenvalue weighted by Crippen LogP contribution is 2.33. The number of nitrogens with zero attached hydrogens (tertiary/aromatic N) is 1. The summed E-state index contributed by atoms with van der Waals surface area (Å²) in [6.45, 7) is 8.65. The van der Waals surface area contributed by atoms with Crippen LogP contribution < -0.4 is 5.32 Å². The van der Waals surface area contributed by atoms with Crippen LogP contribution in [0.2, 0.25) is 0 Å². The molecule has 2 N–H and O–H groups in total. The van der Waals surface area contributed by atoms with Crippen molar-refractivity contribution in [2.24, 2.45) is 0 Å². The molecule has 0 heterocycles. The number of carbonyl (C=O) groups is 2. The Morgan fingerprint density at radius 2 is 1.59 bits per heavy atom. The number of carboxylic acid groups (broad SMARTS) is 1. The summed E-state index contributed by atoms with van der Waals surface area (Å²) in [5, 5.41) is 23.4. The van der Waals surface area contributed by atoms with Crippen molar-refractivity contribution < 1.29 is 24.4 Å². The summed E-state index contributed by atoms with van der Waals surface area (Å²) < 4.78 is 5.60. The van der Waals surface area contributed by atoms with E-state index >= 15 is 0 Å². The van der Waals surface area contributed by atoms with Gasteiger partial charge >= 0.3 is 5.97 Å². The highest BCUT2D eigenvalue weighted by molar-refractivity contribution is 6.04. The molecule has 0 spiro atoms. The van der Waals surface area contributed by atoms with Crippen molar-refractivity contribution in [2.75, 3.05) is 11.9 Å². The molecule has 0 radical (unpaired) electrons. The SMILES string of the molecule is CCOC(Nc1ccc(C(=O)O)cc1)C(=O)c1c(C)c(C)c([N+](=O)[O-])c(C)c1C. The second-order valence-electron chi connectivity index (χ2n) is 6.71. The van der Waals surface area contributed by atoms with Gasteiger partial charge in [0.2, 0.25) is 5.78 Å². The maximum absolute atomic E-state index is 13.3. The number of ether oxygens (including phenoxy) is 1. The van der Waals surface area contributed by atoms with Gasteiger partial charge in [0.15, 0.2) is 6.23 Å². The Morgan fingerprint density at radius 1 is 1.07 bits per heavy atom. The molecular weight excluding hydrogens is 376 g/mol. The molecule has 29 heavy (non-hydrogen) atoms. The zero-order chi connectivity index (χ0) is 21.9. The molecule has 0 aliphatic heterocycles. The Labute approximate surface area is 168 Å². The number of carbonyl (C=O) groups excluding carboxylic acids is 1. The van der Waals surface area contributed by atoms with Crippen LogP contribution in [0.1, 0.15) is 49.9 Å². The van der Waals surface area contributed by atoms with Crippen LogP contribution in [-0.4, -0.2) is 34.6 Å². The van der Waals surface area contributed by atoms with E-state index in [4.69, 9.17) is 9.84 Å². The lowest BCUT2D eigenvalue weighted by atomic mass is 9.89. The smallest absolute Gasteiger partial charge is 0.335 e. The molecular formula is C21H24N2O6. The van der Waals surface area contributed by atoms with Crippen molar-refractivity contribution in [1.29, 1.82) is 0 Å². The second-order valence-corrected chi connectivity index (χ2v) is 6.71. The summed E-state index contributed by atoms with van der Waals surface area (Å²) in [7, 11) is 0. The van der Waals surface area contributed by atoms with Crippen LogP contribution in [0.5, 0.6) is 0 Å². The molecule has 8 nitrogen and oxygen atoms in total. The number of rotatable bonds is 8. The van der Waals surface area contributed by atoms with Crippen molar-refractivity contribution in [3.63, 3.8) is 0 Å². The molecule has 0 amide bonds. The monoisotopic (exact) mass is 400 g/mol. The van der Waals surface area contributed by atoms with E-state index in [1.165, 1.54) is 12.1 Å². The molecule has 0 saturated carbocycles. The zero-order valence-electron chi connectivity index (χ0n) is 17.0. The van der Waals surface area contributed by atoms with E-state index in [0.29, 0.717) is 33.5 Å². The first-order valence-electron chi connectivity index (χ1n) is 9.10. The standard InChI is InChI=1S/C21H24N2O6/c1-6-29-20(22-16-9-7-15(8-10-16)21(25)26)19(24)17-11(2)13(4)18(23(27)28)14(5)12(17)3/h7-10,20,22H,6H2,1-5H3,(H,25,26). The van der Waals surface area contributed by atoms with E-state index in [9.17, 15) is 19.7 Å². The number of nitro benzene ring substituents is 1. The van der Waals surface area contributed by atoms with Gasteiger partial charge in [-0.3, -0.25) is 14.9 Å². The fourth-order valence-electron chi connectivity index (χ4n) is 3.28. The van der Waals surface area contributed by atoms with Crippen molar-refractivity contribution >= 4 is 23.1 Å². The minimum atomic E-state index is -1.04. The number of hydrogen-bond acceptors (Lipinski definition) is 6. The van der Waals surface area contributed by atoms with Crippen LogP contribution in [0, 0.1) is 37.8 Å². The van der Waals surface area contributed by atoms with Crippen molar-refractivity contribution in [1.82, 2.24) is 0 Å². The average molecular weight is 400 g/mol. The molecule has 0 fully saturated rings. The topological polar surface area (TPSA) is 119 Å². The Morgan fingerprint density at radius 3 is 2.00 bits per heavy atom. The number of carboxylic acids is 1. The molecule has 8 heteroatoms. The zero-order valence-corrected chi connectivity index (χ0v) is 17.0. The highest BCUT2D eigenvalue weighted by atomic mass is 16.6. The quantitative estimate of drug-likeness (QED) is 0.295. The van der Waals surface area contributed by atoms with E-state index in [-0.39, 0.29) is 23.6 Å². The van der Waals surface area contributed by atoms with E-state index < -0.39 is 17.1 Å². The van der Waals surface area contributed by atoms with Gasteiger partial charge in [0.05, 0.1) is 10.5 Å². The maximum Gasteiger partial charge on any atom is 0.335 e. The lowest BCUT2D eigenvalue weighted by Gasteiger charge is -2.22. The molecule has 1 atom stereocenters. The molecule has 0 aliphatic carbocycles. The summed E-state index contributed by atoms with van der Waals surface area (Å²) in [6.07, 6.45) is -1.02. The van der Waals surface area contributed by atoms with E-state index in [1.54, 1.807) is 46.8 Å². The van der Waals surface area contributed by atoms with Crippen molar-refractivity contribution in [3.05, 3.63) is 67.8 Å². The van der Waals surface area contributed by atoms with Gasteiger partial charge in [-0.25, -0.2) is 4.79 Å². The van der Waals surface area contributed by atoms with E-state index in [1.807, 2.05) is 0 Å². The van der Waals surface area contributed by atoms with Gasteiger partial charge in [-0.15, -0.1) is 0 Å². The summed E-state index contributed by atoms with van der Waals surface area (Å²) in [5.41, 5.74) is 3.02. The van der Waals surface area contributed by atoms with Gasteiger partial charge in [-0.1, -0.05) is 0 Å². The Kier molecular flexibility index (Phi) is 6.71. The Bertz CT molecular complexity index is 937. The third-order valence-corrected chi connectivity index (χ3v) is 5.02. The molecule has 154 valence electrons. The normalized spacial score (nSPS) is 11.8. The summed E-state index contributed by atoms with van der Waals surface area (Å²) >= 11 is 0. The van der Waals surface area contributed by atoms with Crippen LogP contribution >= 0.6 is 0 Å². The van der Waals surface area contributed by atoms with Crippen LogP contribution in [0.25, 0.3) is 0 Å². The minimum Gasteiger partial charge on any atom is -0.478 e. The predicted molar refractivity (Wildman–Crippen MR) is 109 cm³/mol. The lowest BCUT2D eigenvalue weighted by molar-refractivity contribution is -0.386. The number of nitrogens with one attached hydrogen (secondary N) is 1. The average Bonchev–Trinajstić information content (AvgIpc) is 2.66. The maximum atomic E-state index is 13.3. The van der Waals surface area contributed by atoms with Gasteiger partial charge in [0.1, 0.15) is 0 Å². The molecule has 2 rings (SSSR count). The summed E-state index contributed by atoms with van der Waals surface area (Å²) in [6, 6.07) is 5.95. The molecule has 0 aromatic heterocycles. The fourth-order valence-corrected chi connectivity index (χ4v) is 3.28. The third kappa shape index (κ3) is 4.43. The number of anilines is 1. The van der Waals surface area contributed by atoms with Gasteiger partial charge in [-0.05, 0) is 70.0 Å². The molecule has 2 aromatic carbocycles. The number of aromatic carboxylic acids is 1. The number of nitro groups is 1. The number of ketones is 1. The summed E-state index contributed by atoms with van der Waals surface area (Å²) in [5.74, 6) is -1.39. The predicted octanol–water partition coefficient (Wildman–Crippen LogP) is 4.18. The van der Waals surface area contributed by atoms with Gasteiger partial charge in [-0.2, -0.15) is 0 Å². The number of Topliss-reactive ketones (excluding diaryl/α,β-unsaturated/α-hetero) is 1.